The molecule has 53 heavy (non-hydrogen) atoms. The van der Waals surface area contributed by atoms with E-state index in [0.717, 1.165) is 81.5 Å². The molecule has 4 aliphatic rings. The lowest BCUT2D eigenvalue weighted by Crippen LogP contribution is -2.44. The van der Waals surface area contributed by atoms with Gasteiger partial charge in [0, 0.05) is 55.1 Å². The third-order valence-electron chi connectivity index (χ3n) is 11.6. The molecular weight excluding hydrogens is 710 g/mol. The fourth-order valence-corrected chi connectivity index (χ4v) is 9.01. The van der Waals surface area contributed by atoms with Gasteiger partial charge in [-0.15, -0.1) is 0 Å². The lowest BCUT2D eigenvalue weighted by atomic mass is 9.70. The molecule has 2 bridgehead atoms. The summed E-state index contributed by atoms with van der Waals surface area (Å²) in [5, 5.41) is 11.6. The molecule has 1 aromatic heterocycles. The molecule has 2 aromatic carbocycles. The lowest BCUT2D eigenvalue weighted by molar-refractivity contribution is -0.000203. The van der Waals surface area contributed by atoms with Gasteiger partial charge >= 0.3 is 0 Å². The van der Waals surface area contributed by atoms with Crippen molar-refractivity contribution in [3.8, 4) is 5.75 Å². The van der Waals surface area contributed by atoms with Gasteiger partial charge < -0.3 is 24.0 Å². The number of carbonyl (C=O) groups is 1. The number of ether oxygens (including phenoxy) is 2. The number of likely N-dealkylation sites (N-methyl/N-ethyl adjacent to an activating group) is 1. The van der Waals surface area contributed by atoms with Crippen LogP contribution in [0.4, 0.5) is 5.69 Å². The van der Waals surface area contributed by atoms with Crippen molar-refractivity contribution in [2.24, 2.45) is 17.8 Å². The van der Waals surface area contributed by atoms with Gasteiger partial charge in [0.1, 0.15) is 16.7 Å². The topological polar surface area (TPSA) is 109 Å². The zero-order valence-electron chi connectivity index (χ0n) is 31.5. The van der Waals surface area contributed by atoms with Gasteiger partial charge in [-0.3, -0.25) is 14.4 Å². The first-order valence-corrected chi connectivity index (χ1v) is 20.8. The zero-order valence-corrected chi connectivity index (χ0v) is 33.1. The van der Waals surface area contributed by atoms with Gasteiger partial charge in [-0.2, -0.15) is 0 Å². The number of aryl methyl sites for hydroxylation is 1. The molecule has 10 nitrogen and oxygen atoms in total. The average molecular weight is 766 g/mol. The number of benzene rings is 2. The summed E-state index contributed by atoms with van der Waals surface area (Å²) in [4.78, 5) is 21.9. The van der Waals surface area contributed by atoms with Crippen molar-refractivity contribution in [2.45, 2.75) is 82.7 Å². The number of nitrogens with zero attached hydrogens (tertiary/aromatic N) is 4. The van der Waals surface area contributed by atoms with E-state index >= 15 is 0 Å². The van der Waals surface area contributed by atoms with E-state index in [1.54, 1.807) is 6.07 Å². The molecule has 12 heteroatoms. The van der Waals surface area contributed by atoms with Gasteiger partial charge in [-0.1, -0.05) is 50.1 Å². The average Bonchev–Trinajstić information content (AvgIpc) is 3.58. The van der Waals surface area contributed by atoms with Crippen molar-refractivity contribution in [3.63, 3.8) is 0 Å². The minimum absolute atomic E-state index is 0.0908. The minimum Gasteiger partial charge on any atom is -0.491 e. The Kier molecular flexibility index (Phi) is 13.7. The summed E-state index contributed by atoms with van der Waals surface area (Å²) in [6, 6.07) is 12.1. The first-order valence-electron chi connectivity index (χ1n) is 19.2. The first-order chi connectivity index (χ1) is 25.6. The summed E-state index contributed by atoms with van der Waals surface area (Å²) in [6.07, 6.45) is 13.8. The maximum absolute atomic E-state index is 13.2. The van der Waals surface area contributed by atoms with E-state index in [-0.39, 0.29) is 28.9 Å². The van der Waals surface area contributed by atoms with Gasteiger partial charge in [0.2, 0.25) is 0 Å². The number of aliphatic hydroxyl groups is 1. The van der Waals surface area contributed by atoms with Gasteiger partial charge in [0.15, 0.2) is 0 Å². The molecule has 0 spiro atoms. The number of aliphatic hydroxyl groups excluding tert-OH is 1. The standard InChI is InChI=1S/C32H41ClN2O4S.C9H15N3O/c1-4-6-22-15-26(33)11-13-27(22)25-18-35-17-24-9-12-28(24)30(36)8-5-7-20(2)21(3)40(38)34-32(37)23-10-14-31(39-19-25)29(35)16-23;1-11-4-5-13-7-9(11)6-12-3-2-10-8-12/h5,8,10-11,13-16,20-21,24-25,28,30,36H,4,6-7,9,12,17-19H2,1-3H3,(H,34,37);2-3,8-9H,4-7H2,1H3/b8-5+;. The van der Waals surface area contributed by atoms with Crippen LogP contribution in [-0.4, -0.2) is 93.6 Å². The number of hydrogen-bond acceptors (Lipinski definition) is 8. The summed E-state index contributed by atoms with van der Waals surface area (Å²) >= 11 is 6.38. The second-order valence-corrected chi connectivity index (χ2v) is 17.2. The number of anilines is 1. The smallest absolute Gasteiger partial charge is 0.263 e. The Morgan fingerprint density at radius 3 is 2.70 bits per heavy atom. The molecule has 2 fully saturated rings. The highest BCUT2D eigenvalue weighted by atomic mass is 35.5. The zero-order chi connectivity index (χ0) is 37.5. The van der Waals surface area contributed by atoms with Crippen LogP contribution < -0.4 is 14.4 Å². The molecule has 3 aromatic rings. The lowest BCUT2D eigenvalue weighted by Gasteiger charge is -2.42. The van der Waals surface area contributed by atoms with Gasteiger partial charge in [-0.25, -0.2) is 9.19 Å². The van der Waals surface area contributed by atoms with E-state index in [1.807, 2.05) is 62.9 Å². The predicted molar refractivity (Wildman–Crippen MR) is 212 cm³/mol. The normalized spacial score (nSPS) is 30.0. The molecule has 2 N–H and O–H groups in total. The second kappa shape index (κ2) is 18.4. The highest BCUT2D eigenvalue weighted by Crippen LogP contribution is 2.42. The Bertz CT molecular complexity index is 1720. The SMILES string of the molecule is CCCc1cc(Cl)ccc1C1COc2ccc3cc2N(C1)CC1CCC1C(O)/C=C/CC(C)C(C)S(=O)NC3=O.CN1CCOCC1Cn1ccnc1. The van der Waals surface area contributed by atoms with E-state index in [0.29, 0.717) is 30.6 Å². The molecule has 1 aliphatic carbocycles. The highest BCUT2D eigenvalue weighted by molar-refractivity contribution is 7.84. The number of morpholine rings is 1. The Hall–Kier alpha value is -3.22. The number of carbonyl (C=O) groups excluding carboxylic acids is 1. The number of amides is 1. The maximum atomic E-state index is 13.2. The van der Waals surface area contributed by atoms with E-state index in [2.05, 4.69) is 50.2 Å². The van der Waals surface area contributed by atoms with Crippen LogP contribution in [0.3, 0.4) is 0 Å². The third-order valence-corrected chi connectivity index (χ3v) is 13.3. The number of allylic oxidation sites excluding steroid dienone is 1. The summed E-state index contributed by atoms with van der Waals surface area (Å²) in [7, 11) is 0.611. The maximum Gasteiger partial charge on any atom is 0.263 e. The molecule has 7 rings (SSSR count). The molecule has 8 atom stereocenters. The Morgan fingerprint density at radius 1 is 1.11 bits per heavy atom. The molecule has 1 saturated heterocycles. The van der Waals surface area contributed by atoms with Gasteiger partial charge in [0.25, 0.3) is 5.91 Å². The quantitative estimate of drug-likeness (QED) is 0.294. The van der Waals surface area contributed by atoms with Crippen LogP contribution in [0.2, 0.25) is 5.02 Å². The van der Waals surface area contributed by atoms with Crippen LogP contribution in [0.5, 0.6) is 5.75 Å². The van der Waals surface area contributed by atoms with Crippen molar-refractivity contribution >= 4 is 34.2 Å². The molecule has 288 valence electrons. The van der Waals surface area contributed by atoms with Crippen molar-refractivity contribution in [1.82, 2.24) is 19.2 Å². The fraction of sp³-hybridized carbons (Fsp3) is 0.561. The van der Waals surface area contributed by atoms with Crippen LogP contribution in [-0.2, 0) is 28.7 Å². The molecule has 1 amide bonds. The van der Waals surface area contributed by atoms with E-state index in [9.17, 15) is 14.1 Å². The van der Waals surface area contributed by atoms with E-state index in [1.165, 1.54) is 11.1 Å². The third kappa shape index (κ3) is 9.91. The Morgan fingerprint density at radius 2 is 1.96 bits per heavy atom. The number of hydrogen-bond donors (Lipinski definition) is 2. The van der Waals surface area contributed by atoms with Crippen LogP contribution in [0.25, 0.3) is 0 Å². The number of aromatic nitrogens is 2. The van der Waals surface area contributed by atoms with Crippen LogP contribution in [0.15, 0.2) is 67.3 Å². The predicted octanol–water partition coefficient (Wildman–Crippen LogP) is 6.25. The van der Waals surface area contributed by atoms with Crippen LogP contribution in [0.1, 0.15) is 73.9 Å². The number of nitrogens with one attached hydrogen (secondary N) is 1. The van der Waals surface area contributed by atoms with Crippen molar-refractivity contribution in [1.29, 1.82) is 0 Å². The molecule has 4 heterocycles. The Balaban J connectivity index is 0.000000309. The van der Waals surface area contributed by atoms with Gasteiger partial charge in [0.05, 0.1) is 49.2 Å². The molecule has 3 aliphatic heterocycles. The fourth-order valence-electron chi connectivity index (χ4n) is 7.80. The minimum atomic E-state index is -1.53. The van der Waals surface area contributed by atoms with Crippen molar-refractivity contribution in [3.05, 3.63) is 89.0 Å². The number of imidazole rings is 1. The second-order valence-electron chi connectivity index (χ2n) is 15.2. The molecule has 8 unspecified atom stereocenters. The van der Waals surface area contributed by atoms with E-state index in [4.69, 9.17) is 21.1 Å². The van der Waals surface area contributed by atoms with Crippen LogP contribution >= 0.6 is 11.6 Å². The largest absolute Gasteiger partial charge is 0.491 e. The van der Waals surface area contributed by atoms with E-state index < -0.39 is 17.1 Å². The monoisotopic (exact) mass is 765 g/mol. The summed E-state index contributed by atoms with van der Waals surface area (Å²) in [6.45, 7) is 11.8. The summed E-state index contributed by atoms with van der Waals surface area (Å²) in [5.41, 5.74) is 3.83. The van der Waals surface area contributed by atoms with Gasteiger partial charge in [-0.05, 0) is 98.9 Å². The molecule has 1 saturated carbocycles. The molecule has 0 radical (unpaired) electrons. The summed E-state index contributed by atoms with van der Waals surface area (Å²) in [5.74, 6) is 1.13. The number of fused-ring (bicyclic) bond motifs is 2. The van der Waals surface area contributed by atoms with Crippen molar-refractivity contribution < 1.29 is 23.6 Å². The Labute approximate surface area is 322 Å². The molecular formula is C41H56ClN5O5S. The highest BCUT2D eigenvalue weighted by Gasteiger charge is 2.38. The number of rotatable bonds is 5. The van der Waals surface area contributed by atoms with Crippen molar-refractivity contribution in [2.75, 3.05) is 51.4 Å². The van der Waals surface area contributed by atoms with Crippen LogP contribution in [0, 0.1) is 17.8 Å². The summed E-state index contributed by atoms with van der Waals surface area (Å²) < 4.78 is 29.7. The number of halogens is 1. The first kappa shape index (κ1) is 39.5.